The molecule has 164 valence electrons. The van der Waals surface area contributed by atoms with E-state index in [2.05, 4.69) is 38.0 Å². The summed E-state index contributed by atoms with van der Waals surface area (Å²) in [5, 5.41) is 8.81. The highest BCUT2D eigenvalue weighted by molar-refractivity contribution is 7.10. The zero-order valence-corrected chi connectivity index (χ0v) is 19.1. The number of rotatable bonds is 7. The topological polar surface area (TPSA) is 78.4 Å². The molecule has 0 bridgehead atoms. The lowest BCUT2D eigenvalue weighted by atomic mass is 10.2. The Morgan fingerprint density at radius 3 is 2.69 bits per heavy atom. The van der Waals surface area contributed by atoms with Gasteiger partial charge in [0.05, 0.1) is 19.3 Å². The molecule has 1 amide bonds. The van der Waals surface area contributed by atoms with Crippen LogP contribution < -0.4 is 10.6 Å². The number of likely N-dealkylation sites (N-methyl/N-ethyl adjacent to an activating group) is 1. The van der Waals surface area contributed by atoms with Crippen molar-refractivity contribution in [2.45, 2.75) is 32.4 Å². The second kappa shape index (κ2) is 11.4. The van der Waals surface area contributed by atoms with Crippen LogP contribution in [-0.2, 0) is 9.47 Å². The van der Waals surface area contributed by atoms with Crippen LogP contribution in [0.25, 0.3) is 0 Å². The number of carbonyl (C=O) groups excluding carboxylic acids is 1. The highest BCUT2D eigenvalue weighted by atomic mass is 32.1. The fourth-order valence-electron chi connectivity index (χ4n) is 2.97. The van der Waals surface area contributed by atoms with Gasteiger partial charge in [0.2, 0.25) is 0 Å². The van der Waals surface area contributed by atoms with E-state index in [1.54, 1.807) is 30.3 Å². The molecule has 1 aromatic heterocycles. The minimum Gasteiger partial charge on any atom is -0.444 e. The van der Waals surface area contributed by atoms with Crippen molar-refractivity contribution in [3.63, 3.8) is 0 Å². The molecule has 1 aliphatic heterocycles. The number of aliphatic imine (C=N–C) groups is 1. The number of nitrogens with one attached hydrogen (secondary N) is 2. The lowest BCUT2D eigenvalue weighted by molar-refractivity contribution is 0.0177. The van der Waals surface area contributed by atoms with E-state index in [1.165, 1.54) is 4.88 Å². The molecule has 1 atom stereocenters. The maximum Gasteiger partial charge on any atom is 0.410 e. The molecule has 2 N–H and O–H groups in total. The van der Waals surface area contributed by atoms with Crippen molar-refractivity contribution in [3.05, 3.63) is 22.4 Å². The second-order valence-corrected chi connectivity index (χ2v) is 8.94. The Morgan fingerprint density at radius 1 is 1.38 bits per heavy atom. The van der Waals surface area contributed by atoms with Crippen molar-refractivity contribution in [1.29, 1.82) is 0 Å². The number of nitrogens with zero attached hydrogens (tertiary/aromatic N) is 3. The molecule has 0 aliphatic carbocycles. The van der Waals surface area contributed by atoms with E-state index in [9.17, 15) is 4.79 Å². The Balaban J connectivity index is 1.81. The average Bonchev–Trinajstić information content (AvgIpc) is 3.20. The fourth-order valence-corrected chi connectivity index (χ4v) is 3.83. The van der Waals surface area contributed by atoms with Gasteiger partial charge in [-0.15, -0.1) is 11.3 Å². The zero-order valence-electron chi connectivity index (χ0n) is 18.2. The first-order valence-corrected chi connectivity index (χ1v) is 10.9. The molecule has 0 aromatic carbocycles. The molecule has 8 nitrogen and oxygen atoms in total. The summed E-state index contributed by atoms with van der Waals surface area (Å²) >= 11 is 1.77. The van der Waals surface area contributed by atoms with Gasteiger partial charge in [0.25, 0.3) is 0 Å². The standard InChI is InChI=1S/C20H35N5O3S/c1-20(2,3)28-19(26)24(5)9-8-22-18(21-4)23-15-16(17-7-6-14-29-17)25-10-12-27-13-11-25/h6-7,14,16H,8-13,15H2,1-5H3,(H2,21,22,23). The minimum absolute atomic E-state index is 0.280. The first-order chi connectivity index (χ1) is 13.8. The van der Waals surface area contributed by atoms with Gasteiger partial charge in [-0.1, -0.05) is 6.07 Å². The lowest BCUT2D eigenvalue weighted by Crippen LogP contribution is -2.47. The predicted octanol–water partition coefficient (Wildman–Crippen LogP) is 2.15. The second-order valence-electron chi connectivity index (χ2n) is 7.96. The zero-order chi connectivity index (χ0) is 21.3. The van der Waals surface area contributed by atoms with Crippen LogP contribution in [0, 0.1) is 0 Å². The van der Waals surface area contributed by atoms with Crippen LogP contribution in [0.3, 0.4) is 0 Å². The SMILES string of the molecule is CN=C(NCCN(C)C(=O)OC(C)(C)C)NCC(c1cccs1)N1CCOCC1. The molecule has 1 fully saturated rings. The summed E-state index contributed by atoms with van der Waals surface area (Å²) in [6.07, 6.45) is -0.327. The number of carbonyl (C=O) groups is 1. The smallest absolute Gasteiger partial charge is 0.410 e. The van der Waals surface area contributed by atoms with Crippen LogP contribution >= 0.6 is 11.3 Å². The Morgan fingerprint density at radius 2 is 2.10 bits per heavy atom. The third-order valence-corrected chi connectivity index (χ3v) is 5.46. The van der Waals surface area contributed by atoms with Gasteiger partial charge in [0.1, 0.15) is 5.60 Å². The average molecular weight is 426 g/mol. The summed E-state index contributed by atoms with van der Waals surface area (Å²) in [5.41, 5.74) is -0.493. The Labute approximate surface area is 178 Å². The van der Waals surface area contributed by atoms with Gasteiger partial charge in [0.15, 0.2) is 5.96 Å². The number of ether oxygens (including phenoxy) is 2. The van der Waals surface area contributed by atoms with Gasteiger partial charge in [-0.2, -0.15) is 0 Å². The maximum atomic E-state index is 12.0. The van der Waals surface area contributed by atoms with Crippen LogP contribution in [0.1, 0.15) is 31.7 Å². The first kappa shape index (κ1) is 23.4. The number of amides is 1. The lowest BCUT2D eigenvalue weighted by Gasteiger charge is -2.34. The molecule has 0 saturated carbocycles. The van der Waals surface area contributed by atoms with E-state index in [-0.39, 0.29) is 12.1 Å². The van der Waals surface area contributed by atoms with Crippen LogP contribution in [0.2, 0.25) is 0 Å². The highest BCUT2D eigenvalue weighted by Crippen LogP contribution is 2.25. The molecule has 0 radical (unpaired) electrons. The maximum absolute atomic E-state index is 12.0. The molecule has 1 aromatic rings. The van der Waals surface area contributed by atoms with Crippen molar-refractivity contribution in [3.8, 4) is 0 Å². The molecular formula is C20H35N5O3S. The van der Waals surface area contributed by atoms with Gasteiger partial charge in [-0.3, -0.25) is 9.89 Å². The third kappa shape index (κ3) is 8.20. The Kier molecular flexibility index (Phi) is 9.19. The van der Waals surface area contributed by atoms with Gasteiger partial charge in [-0.05, 0) is 32.2 Å². The molecule has 0 spiro atoms. The van der Waals surface area contributed by atoms with Gasteiger partial charge < -0.3 is 25.0 Å². The normalized spacial score (nSPS) is 16.9. The van der Waals surface area contributed by atoms with E-state index >= 15 is 0 Å². The third-order valence-electron chi connectivity index (χ3n) is 4.49. The molecule has 1 unspecified atom stereocenters. The molecule has 2 heterocycles. The van der Waals surface area contributed by atoms with E-state index in [4.69, 9.17) is 9.47 Å². The quantitative estimate of drug-likeness (QED) is 0.515. The van der Waals surface area contributed by atoms with Crippen molar-refractivity contribution in [2.24, 2.45) is 4.99 Å². The number of morpholine rings is 1. The van der Waals surface area contributed by atoms with Gasteiger partial charge >= 0.3 is 6.09 Å². The minimum atomic E-state index is -0.493. The summed E-state index contributed by atoms with van der Waals surface area (Å²) in [7, 11) is 3.49. The van der Waals surface area contributed by atoms with E-state index < -0.39 is 5.60 Å². The molecule has 1 aliphatic rings. The van der Waals surface area contributed by atoms with Crippen LogP contribution in [0.5, 0.6) is 0 Å². The molecule has 1 saturated heterocycles. The first-order valence-electron chi connectivity index (χ1n) is 10.0. The number of thiophene rings is 1. The monoisotopic (exact) mass is 425 g/mol. The van der Waals surface area contributed by atoms with Gasteiger partial charge in [-0.25, -0.2) is 4.79 Å². The van der Waals surface area contributed by atoms with E-state index in [0.29, 0.717) is 13.1 Å². The van der Waals surface area contributed by atoms with Crippen molar-refractivity contribution < 1.29 is 14.3 Å². The molecule has 9 heteroatoms. The molecular weight excluding hydrogens is 390 g/mol. The number of hydrogen-bond donors (Lipinski definition) is 2. The van der Waals surface area contributed by atoms with Crippen LogP contribution in [-0.4, -0.2) is 87.5 Å². The Bertz CT molecular complexity index is 639. The summed E-state index contributed by atoms with van der Waals surface area (Å²) in [4.78, 5) is 21.7. The summed E-state index contributed by atoms with van der Waals surface area (Å²) in [6, 6.07) is 4.55. The summed E-state index contributed by atoms with van der Waals surface area (Å²) < 4.78 is 10.9. The largest absolute Gasteiger partial charge is 0.444 e. The van der Waals surface area contributed by atoms with Crippen molar-refractivity contribution in [2.75, 3.05) is 60.0 Å². The fraction of sp³-hybridized carbons (Fsp3) is 0.700. The van der Waals surface area contributed by atoms with Crippen LogP contribution in [0.4, 0.5) is 4.79 Å². The predicted molar refractivity (Wildman–Crippen MR) is 118 cm³/mol. The molecule has 29 heavy (non-hydrogen) atoms. The number of guanidine groups is 1. The summed E-state index contributed by atoms with van der Waals surface area (Å²) in [5.74, 6) is 0.720. The van der Waals surface area contributed by atoms with Crippen LogP contribution in [0.15, 0.2) is 22.5 Å². The highest BCUT2D eigenvalue weighted by Gasteiger charge is 2.24. The molecule has 2 rings (SSSR count). The Hall–Kier alpha value is -1.84. The van der Waals surface area contributed by atoms with E-state index in [1.807, 2.05) is 20.8 Å². The van der Waals surface area contributed by atoms with Crippen molar-refractivity contribution in [1.82, 2.24) is 20.4 Å². The van der Waals surface area contributed by atoms with Crippen molar-refractivity contribution >= 4 is 23.4 Å². The van der Waals surface area contributed by atoms with Gasteiger partial charge in [0, 0.05) is 51.7 Å². The van der Waals surface area contributed by atoms with E-state index in [0.717, 1.165) is 38.8 Å². The summed E-state index contributed by atoms with van der Waals surface area (Å²) in [6.45, 7) is 10.8. The number of hydrogen-bond acceptors (Lipinski definition) is 6.